The fourth-order valence-corrected chi connectivity index (χ4v) is 3.60. The molecule has 0 spiro atoms. The Balaban J connectivity index is 0.00000392. The number of hydrogen-bond acceptors (Lipinski definition) is 3. The maximum atomic E-state index is 12.5. The van der Waals surface area contributed by atoms with Gasteiger partial charge < -0.3 is 20.1 Å². The number of aliphatic imine (C=N–C) groups is 1. The zero-order chi connectivity index (χ0) is 19.5. The summed E-state index contributed by atoms with van der Waals surface area (Å²) in [4.78, 5) is 4.26. The van der Waals surface area contributed by atoms with E-state index in [4.69, 9.17) is 4.74 Å². The molecule has 5 nitrogen and oxygen atoms in total. The van der Waals surface area contributed by atoms with E-state index in [9.17, 15) is 8.78 Å². The van der Waals surface area contributed by atoms with Crippen molar-refractivity contribution in [2.45, 2.75) is 52.2 Å². The summed E-state index contributed by atoms with van der Waals surface area (Å²) in [6.45, 7) is 1.89. The van der Waals surface area contributed by atoms with Crippen molar-refractivity contribution in [2.75, 3.05) is 26.8 Å². The smallest absolute Gasteiger partial charge is 0.387 e. The lowest BCUT2D eigenvalue weighted by Crippen LogP contribution is -2.43. The molecule has 1 aromatic rings. The van der Waals surface area contributed by atoms with Crippen molar-refractivity contribution in [2.24, 2.45) is 10.4 Å². The number of nitrogens with one attached hydrogen (secondary N) is 2. The Bertz CT molecular complexity index is 597. The first-order valence-corrected chi connectivity index (χ1v) is 9.63. The molecule has 0 heterocycles. The molecule has 1 aromatic carbocycles. The number of hydrogen-bond donors (Lipinski definition) is 2. The number of ether oxygens (including phenoxy) is 2. The van der Waals surface area contributed by atoms with Gasteiger partial charge in [-0.05, 0) is 37.7 Å². The summed E-state index contributed by atoms with van der Waals surface area (Å²) in [6.07, 6.45) is 5.91. The summed E-state index contributed by atoms with van der Waals surface area (Å²) >= 11 is 0. The largest absolute Gasteiger partial charge is 0.434 e. The highest BCUT2D eigenvalue weighted by atomic mass is 127. The second-order valence-electron chi connectivity index (χ2n) is 6.92. The summed E-state index contributed by atoms with van der Waals surface area (Å²) in [5.74, 6) is 0.837. The lowest BCUT2D eigenvalue weighted by molar-refractivity contribution is -0.0504. The molecule has 0 bridgehead atoms. The Hall–Kier alpha value is -1.16. The van der Waals surface area contributed by atoms with Crippen LogP contribution < -0.4 is 15.4 Å². The predicted molar refractivity (Wildman–Crippen MR) is 119 cm³/mol. The Morgan fingerprint density at radius 2 is 1.93 bits per heavy atom. The Morgan fingerprint density at radius 1 is 1.21 bits per heavy atom. The fourth-order valence-electron chi connectivity index (χ4n) is 3.60. The van der Waals surface area contributed by atoms with Crippen molar-refractivity contribution in [1.29, 1.82) is 0 Å². The van der Waals surface area contributed by atoms with Crippen molar-refractivity contribution >= 4 is 29.9 Å². The molecule has 1 aliphatic carbocycles. The van der Waals surface area contributed by atoms with Gasteiger partial charge in [0.2, 0.25) is 0 Å². The van der Waals surface area contributed by atoms with Gasteiger partial charge in [-0.25, -0.2) is 0 Å². The maximum absolute atomic E-state index is 12.5. The molecule has 2 N–H and O–H groups in total. The van der Waals surface area contributed by atoms with Crippen molar-refractivity contribution in [3.63, 3.8) is 0 Å². The normalized spacial score (nSPS) is 16.0. The zero-order valence-electron chi connectivity index (χ0n) is 16.7. The lowest BCUT2D eigenvalue weighted by atomic mass is 9.83. The molecular formula is C20H32F2IN3O2. The van der Waals surface area contributed by atoms with Crippen LogP contribution in [-0.2, 0) is 11.3 Å². The topological polar surface area (TPSA) is 54.9 Å². The number of halogens is 3. The SMILES string of the molecule is CCOCCC1(CNC(=NC)NCc2ccccc2OC(F)F)CCCC1.I. The van der Waals surface area contributed by atoms with Crippen molar-refractivity contribution < 1.29 is 18.3 Å². The Kier molecular flexibility index (Phi) is 11.7. The van der Waals surface area contributed by atoms with E-state index in [0.29, 0.717) is 18.1 Å². The molecule has 0 aromatic heterocycles. The van der Waals surface area contributed by atoms with E-state index in [1.165, 1.54) is 25.7 Å². The highest BCUT2D eigenvalue weighted by molar-refractivity contribution is 14.0. The van der Waals surface area contributed by atoms with Gasteiger partial charge in [-0.15, -0.1) is 24.0 Å². The molecule has 1 fully saturated rings. The average molecular weight is 511 g/mol. The molecule has 0 atom stereocenters. The molecule has 28 heavy (non-hydrogen) atoms. The quantitative estimate of drug-likeness (QED) is 0.209. The standard InChI is InChI=1S/C20H31F2N3O2.HI/c1-3-26-13-12-20(10-6-7-11-20)15-25-19(23-2)24-14-16-8-4-5-9-17(16)27-18(21)22;/h4-5,8-9,18H,3,6-7,10-15H2,1-2H3,(H2,23,24,25);1H. The van der Waals surface area contributed by atoms with Gasteiger partial charge in [0.15, 0.2) is 5.96 Å². The van der Waals surface area contributed by atoms with Gasteiger partial charge in [0, 0.05) is 38.9 Å². The van der Waals surface area contributed by atoms with Gasteiger partial charge in [0.1, 0.15) is 5.75 Å². The second-order valence-corrected chi connectivity index (χ2v) is 6.92. The highest BCUT2D eigenvalue weighted by Gasteiger charge is 2.33. The molecule has 0 unspecified atom stereocenters. The molecule has 0 radical (unpaired) electrons. The Labute approximate surface area is 183 Å². The third-order valence-electron chi connectivity index (χ3n) is 5.13. The van der Waals surface area contributed by atoms with Crippen LogP contribution in [0.2, 0.25) is 0 Å². The van der Waals surface area contributed by atoms with Crippen LogP contribution in [-0.4, -0.2) is 39.4 Å². The number of rotatable bonds is 10. The van der Waals surface area contributed by atoms with Crippen LogP contribution in [0.25, 0.3) is 0 Å². The van der Waals surface area contributed by atoms with E-state index in [-0.39, 0.29) is 35.1 Å². The molecule has 0 amide bonds. The van der Waals surface area contributed by atoms with Crippen molar-refractivity contribution in [1.82, 2.24) is 10.6 Å². The summed E-state index contributed by atoms with van der Waals surface area (Å²) in [6, 6.07) is 6.78. The van der Waals surface area contributed by atoms with Crippen molar-refractivity contribution in [3.05, 3.63) is 29.8 Å². The van der Waals surface area contributed by atoms with Crippen LogP contribution >= 0.6 is 24.0 Å². The lowest BCUT2D eigenvalue weighted by Gasteiger charge is -2.30. The third kappa shape index (κ3) is 8.06. The van der Waals surface area contributed by atoms with Crippen LogP contribution in [0.3, 0.4) is 0 Å². The van der Waals surface area contributed by atoms with E-state index in [2.05, 4.69) is 20.4 Å². The summed E-state index contributed by atoms with van der Waals surface area (Å²) in [7, 11) is 1.71. The van der Waals surface area contributed by atoms with Crippen LogP contribution in [0.15, 0.2) is 29.3 Å². The number of nitrogens with zero attached hydrogens (tertiary/aromatic N) is 1. The minimum Gasteiger partial charge on any atom is -0.434 e. The number of alkyl halides is 2. The summed E-state index contributed by atoms with van der Waals surface area (Å²) in [5.41, 5.74) is 0.899. The maximum Gasteiger partial charge on any atom is 0.387 e. The molecular weight excluding hydrogens is 479 g/mol. The minimum atomic E-state index is -2.84. The Morgan fingerprint density at radius 3 is 2.57 bits per heavy atom. The minimum absolute atomic E-state index is 0. The van der Waals surface area contributed by atoms with Crippen LogP contribution in [0.4, 0.5) is 8.78 Å². The molecule has 1 aliphatic rings. The first kappa shape index (κ1) is 24.9. The monoisotopic (exact) mass is 511 g/mol. The first-order valence-electron chi connectivity index (χ1n) is 9.63. The van der Waals surface area contributed by atoms with E-state index in [1.54, 1.807) is 31.3 Å². The average Bonchev–Trinajstić information content (AvgIpc) is 3.12. The fraction of sp³-hybridized carbons (Fsp3) is 0.650. The number of guanidine groups is 1. The predicted octanol–water partition coefficient (Wildman–Crippen LogP) is 4.56. The van der Waals surface area contributed by atoms with Gasteiger partial charge in [-0.1, -0.05) is 31.0 Å². The van der Waals surface area contributed by atoms with Gasteiger partial charge in [0.05, 0.1) is 0 Å². The van der Waals surface area contributed by atoms with E-state index in [1.807, 2.05) is 6.92 Å². The molecule has 160 valence electrons. The third-order valence-corrected chi connectivity index (χ3v) is 5.13. The number of para-hydroxylation sites is 1. The first-order chi connectivity index (χ1) is 13.1. The van der Waals surface area contributed by atoms with Crippen molar-refractivity contribution in [3.8, 4) is 5.75 Å². The van der Waals surface area contributed by atoms with E-state index in [0.717, 1.165) is 26.2 Å². The molecule has 0 aliphatic heterocycles. The van der Waals surface area contributed by atoms with Crippen LogP contribution in [0.1, 0.15) is 44.6 Å². The van der Waals surface area contributed by atoms with Gasteiger partial charge in [-0.2, -0.15) is 8.78 Å². The summed E-state index contributed by atoms with van der Waals surface area (Å²) < 4.78 is 35.2. The van der Waals surface area contributed by atoms with Gasteiger partial charge in [-0.3, -0.25) is 4.99 Å². The number of benzene rings is 1. The van der Waals surface area contributed by atoms with E-state index >= 15 is 0 Å². The van der Waals surface area contributed by atoms with Gasteiger partial charge >= 0.3 is 6.61 Å². The molecule has 2 rings (SSSR count). The van der Waals surface area contributed by atoms with Crippen LogP contribution in [0.5, 0.6) is 5.75 Å². The van der Waals surface area contributed by atoms with Crippen LogP contribution in [0, 0.1) is 5.41 Å². The summed E-state index contributed by atoms with van der Waals surface area (Å²) in [5, 5.41) is 6.59. The van der Waals surface area contributed by atoms with Gasteiger partial charge in [0.25, 0.3) is 0 Å². The molecule has 0 saturated heterocycles. The van der Waals surface area contributed by atoms with E-state index < -0.39 is 6.61 Å². The second kappa shape index (κ2) is 13.1. The molecule has 8 heteroatoms. The zero-order valence-corrected chi connectivity index (χ0v) is 19.0. The molecule has 1 saturated carbocycles. The highest BCUT2D eigenvalue weighted by Crippen LogP contribution is 2.40.